The fraction of sp³-hybridized carbons (Fsp3) is 0.261. The van der Waals surface area contributed by atoms with Crippen LogP contribution < -0.4 is 10.4 Å². The van der Waals surface area contributed by atoms with Crippen LogP contribution in [0.15, 0.2) is 58.5 Å². The Morgan fingerprint density at radius 2 is 1.83 bits per heavy atom. The van der Waals surface area contributed by atoms with Gasteiger partial charge in [-0.05, 0) is 44.2 Å². The molecule has 0 aliphatic heterocycles. The smallest absolute Gasteiger partial charge is 0.417 e. The minimum Gasteiger partial charge on any atom is -0.491 e. The van der Waals surface area contributed by atoms with Crippen molar-refractivity contribution in [1.29, 1.82) is 0 Å². The molecule has 0 N–H and O–H groups in total. The Hall–Kier alpha value is -3.74. The van der Waals surface area contributed by atoms with Gasteiger partial charge in [-0.3, -0.25) is 0 Å². The fourth-order valence-corrected chi connectivity index (χ4v) is 4.52. The molecule has 8 nitrogen and oxygen atoms in total. The summed E-state index contributed by atoms with van der Waals surface area (Å²) in [5.74, 6) is -1.20. The lowest BCUT2D eigenvalue weighted by atomic mass is 10.1. The highest BCUT2D eigenvalue weighted by atomic mass is 32.2. The van der Waals surface area contributed by atoms with Gasteiger partial charge in [0.05, 0.1) is 17.4 Å². The topological polar surface area (TPSA) is 95.6 Å². The Bertz CT molecular complexity index is 1630. The molecule has 0 saturated heterocycles. The third-order valence-electron chi connectivity index (χ3n) is 5.22. The highest BCUT2D eigenvalue weighted by molar-refractivity contribution is 7.91. The van der Waals surface area contributed by atoms with E-state index in [1.54, 1.807) is 13.8 Å². The van der Waals surface area contributed by atoms with Crippen molar-refractivity contribution in [2.45, 2.75) is 37.9 Å². The van der Waals surface area contributed by atoms with E-state index in [1.807, 2.05) is 0 Å². The van der Waals surface area contributed by atoms with Crippen LogP contribution in [0.3, 0.4) is 0 Å². The van der Waals surface area contributed by atoms with Crippen LogP contribution in [0.25, 0.3) is 22.6 Å². The molecule has 13 heteroatoms. The molecule has 0 atom stereocenters. The van der Waals surface area contributed by atoms with Crippen LogP contribution in [0, 0.1) is 5.82 Å². The SMILES string of the molecule is CCS(=O)(=O)c1cc(-c2ccc(OC(C)C)cc2F)cnc1-n1nc2ccc(C(F)(F)F)cn2c1=O. The molecular weight excluding hydrogens is 504 g/mol. The number of ether oxygens (including phenoxy) is 1. The van der Waals surface area contributed by atoms with Gasteiger partial charge in [0, 0.05) is 29.6 Å². The van der Waals surface area contributed by atoms with Crippen molar-refractivity contribution >= 4 is 15.5 Å². The number of pyridine rings is 2. The molecule has 0 aliphatic rings. The van der Waals surface area contributed by atoms with E-state index in [0.29, 0.717) is 15.3 Å². The Morgan fingerprint density at radius 1 is 1.11 bits per heavy atom. The molecule has 0 aliphatic carbocycles. The number of nitrogens with zero attached hydrogens (tertiary/aromatic N) is 4. The quantitative estimate of drug-likeness (QED) is 0.350. The van der Waals surface area contributed by atoms with E-state index in [2.05, 4.69) is 10.1 Å². The van der Waals surface area contributed by atoms with Crippen molar-refractivity contribution in [1.82, 2.24) is 19.2 Å². The molecule has 0 fully saturated rings. The second-order valence-electron chi connectivity index (χ2n) is 8.10. The maximum absolute atomic E-state index is 14.8. The summed E-state index contributed by atoms with van der Waals surface area (Å²) in [6.07, 6.45) is -3.16. The van der Waals surface area contributed by atoms with Crippen molar-refractivity contribution < 1.29 is 30.7 Å². The summed E-state index contributed by atoms with van der Waals surface area (Å²) in [5, 5.41) is 3.96. The normalized spacial score (nSPS) is 12.4. The summed E-state index contributed by atoms with van der Waals surface area (Å²) in [6, 6.07) is 6.97. The summed E-state index contributed by atoms with van der Waals surface area (Å²) in [7, 11) is -4.03. The van der Waals surface area contributed by atoms with Crippen LogP contribution in [0.2, 0.25) is 0 Å². The van der Waals surface area contributed by atoms with E-state index >= 15 is 0 Å². The summed E-state index contributed by atoms with van der Waals surface area (Å²) in [5.41, 5.74) is -2.14. The molecular formula is C23H20F4N4O4S. The number of aromatic nitrogens is 4. The van der Waals surface area contributed by atoms with Gasteiger partial charge in [0.25, 0.3) is 0 Å². The average molecular weight is 524 g/mol. The van der Waals surface area contributed by atoms with Gasteiger partial charge in [0.2, 0.25) is 0 Å². The molecule has 0 unspecified atom stereocenters. The molecule has 36 heavy (non-hydrogen) atoms. The Labute approximate surface area is 202 Å². The van der Waals surface area contributed by atoms with E-state index in [0.717, 1.165) is 30.5 Å². The van der Waals surface area contributed by atoms with Crippen LogP contribution >= 0.6 is 0 Å². The zero-order chi connectivity index (χ0) is 26.4. The first-order valence-corrected chi connectivity index (χ1v) is 12.4. The van der Waals surface area contributed by atoms with E-state index in [9.17, 15) is 30.8 Å². The molecule has 190 valence electrons. The number of sulfone groups is 1. The number of fused-ring (bicyclic) bond motifs is 1. The number of alkyl halides is 3. The maximum Gasteiger partial charge on any atom is 0.417 e. The molecule has 4 aromatic rings. The first-order valence-electron chi connectivity index (χ1n) is 10.7. The van der Waals surface area contributed by atoms with Crippen LogP contribution in [0.1, 0.15) is 26.3 Å². The molecule has 4 rings (SSSR count). The predicted octanol–water partition coefficient (Wildman–Crippen LogP) is 4.29. The monoisotopic (exact) mass is 524 g/mol. The van der Waals surface area contributed by atoms with Crippen LogP contribution in [-0.2, 0) is 16.0 Å². The average Bonchev–Trinajstić information content (AvgIpc) is 3.13. The van der Waals surface area contributed by atoms with E-state index < -0.39 is 43.8 Å². The lowest BCUT2D eigenvalue weighted by molar-refractivity contribution is -0.137. The molecule has 0 saturated carbocycles. The number of hydrogen-bond donors (Lipinski definition) is 0. The van der Waals surface area contributed by atoms with Crippen molar-refractivity contribution in [2.75, 3.05) is 5.75 Å². The summed E-state index contributed by atoms with van der Waals surface area (Å²) < 4.78 is 86.6. The third kappa shape index (κ3) is 4.70. The fourth-order valence-electron chi connectivity index (χ4n) is 3.48. The first kappa shape index (κ1) is 25.4. The summed E-state index contributed by atoms with van der Waals surface area (Å²) in [4.78, 5) is 16.5. The third-order valence-corrected chi connectivity index (χ3v) is 6.95. The number of rotatable bonds is 6. The van der Waals surface area contributed by atoms with Crippen molar-refractivity contribution in [3.63, 3.8) is 0 Å². The van der Waals surface area contributed by atoms with E-state index in [-0.39, 0.29) is 34.4 Å². The van der Waals surface area contributed by atoms with Gasteiger partial charge in [-0.25, -0.2) is 27.0 Å². The molecule has 0 amide bonds. The Morgan fingerprint density at radius 3 is 2.44 bits per heavy atom. The lowest BCUT2D eigenvalue weighted by Crippen LogP contribution is -2.23. The van der Waals surface area contributed by atoms with Gasteiger partial charge < -0.3 is 4.74 Å². The number of halogens is 4. The highest BCUT2D eigenvalue weighted by Gasteiger charge is 2.32. The van der Waals surface area contributed by atoms with Crippen LogP contribution in [0.5, 0.6) is 5.75 Å². The van der Waals surface area contributed by atoms with Gasteiger partial charge in [-0.2, -0.15) is 17.9 Å². The second kappa shape index (κ2) is 9.04. The molecule has 0 spiro atoms. The number of hydrogen-bond acceptors (Lipinski definition) is 6. The standard InChI is InChI=1S/C23H20F4N4O4S/c1-4-36(33,34)19-9-14(17-7-6-16(10-18(17)24)35-13(2)3)11-28-21(19)31-22(32)30-12-15(23(25,26)27)5-8-20(30)29-31/h5-13H,4H2,1-3H3. The van der Waals surface area contributed by atoms with Gasteiger partial charge in [-0.15, -0.1) is 5.10 Å². The summed E-state index contributed by atoms with van der Waals surface area (Å²) in [6.45, 7) is 4.93. The zero-order valence-corrected chi connectivity index (χ0v) is 20.1. The molecule has 1 aromatic carbocycles. The predicted molar refractivity (Wildman–Crippen MR) is 122 cm³/mol. The lowest BCUT2D eigenvalue weighted by Gasteiger charge is -2.13. The molecule has 0 radical (unpaired) electrons. The van der Waals surface area contributed by atoms with E-state index in [1.165, 1.54) is 19.1 Å². The van der Waals surface area contributed by atoms with Crippen LogP contribution in [0.4, 0.5) is 17.6 Å². The van der Waals surface area contributed by atoms with Gasteiger partial charge in [0.15, 0.2) is 21.3 Å². The van der Waals surface area contributed by atoms with Crippen molar-refractivity contribution in [2.24, 2.45) is 0 Å². The van der Waals surface area contributed by atoms with Crippen molar-refractivity contribution in [3.05, 3.63) is 70.7 Å². The van der Waals surface area contributed by atoms with Crippen molar-refractivity contribution in [3.8, 4) is 22.7 Å². The molecule has 3 heterocycles. The maximum atomic E-state index is 14.8. The summed E-state index contributed by atoms with van der Waals surface area (Å²) >= 11 is 0. The van der Waals surface area contributed by atoms with Crippen LogP contribution in [-0.4, -0.2) is 39.4 Å². The number of benzene rings is 1. The largest absolute Gasteiger partial charge is 0.491 e. The Balaban J connectivity index is 1.89. The Kier molecular flexibility index (Phi) is 6.37. The molecule has 3 aromatic heterocycles. The van der Waals surface area contributed by atoms with Gasteiger partial charge in [0.1, 0.15) is 16.5 Å². The second-order valence-corrected chi connectivity index (χ2v) is 10.3. The zero-order valence-electron chi connectivity index (χ0n) is 19.2. The minimum absolute atomic E-state index is 0.0369. The highest BCUT2D eigenvalue weighted by Crippen LogP contribution is 2.31. The first-order chi connectivity index (χ1) is 16.8. The molecule has 0 bridgehead atoms. The van der Waals surface area contributed by atoms with E-state index in [4.69, 9.17) is 4.74 Å². The van der Waals surface area contributed by atoms with Gasteiger partial charge >= 0.3 is 11.9 Å². The van der Waals surface area contributed by atoms with Gasteiger partial charge in [-0.1, -0.05) is 6.92 Å². The minimum atomic E-state index is -4.70.